The second-order valence-corrected chi connectivity index (χ2v) is 10.7. The number of para-hydroxylation sites is 1. The van der Waals surface area contributed by atoms with Crippen molar-refractivity contribution in [2.24, 2.45) is 5.41 Å². The molecule has 3 rings (SSSR count). The van der Waals surface area contributed by atoms with E-state index in [9.17, 15) is 9.59 Å². The van der Waals surface area contributed by atoms with Crippen molar-refractivity contribution < 1.29 is 14.3 Å². The van der Waals surface area contributed by atoms with E-state index in [0.29, 0.717) is 30.0 Å². The zero-order chi connectivity index (χ0) is 27.9. The minimum atomic E-state index is -0.656. The highest BCUT2D eigenvalue weighted by Gasteiger charge is 2.28. The molecular weight excluding hydrogens is 494 g/mol. The van der Waals surface area contributed by atoms with Crippen LogP contribution in [0.1, 0.15) is 59.3 Å². The van der Waals surface area contributed by atoms with Crippen molar-refractivity contribution in [3.05, 3.63) is 88.5 Å². The summed E-state index contributed by atoms with van der Waals surface area (Å²) in [6, 6.07) is 19.0. The summed E-state index contributed by atoms with van der Waals surface area (Å²) in [5.41, 5.74) is 5.48. The van der Waals surface area contributed by atoms with Crippen molar-refractivity contribution in [2.45, 2.75) is 54.4 Å². The molecule has 7 heteroatoms. The normalized spacial score (nSPS) is 11.0. The Bertz CT molecular complexity index is 1330. The molecule has 3 aromatic carbocycles. The van der Waals surface area contributed by atoms with Crippen LogP contribution in [0.2, 0.25) is 0 Å². The Hall–Kier alpha value is -3.71. The summed E-state index contributed by atoms with van der Waals surface area (Å²) in [5.74, 6) is 0.409. The number of anilines is 2. The summed E-state index contributed by atoms with van der Waals surface area (Å²) in [5, 5.41) is 8.87. The van der Waals surface area contributed by atoms with Crippen LogP contribution in [0.3, 0.4) is 0 Å². The third-order valence-corrected chi connectivity index (χ3v) is 6.78. The number of aryl methyl sites for hydroxylation is 4. The standard InChI is InChI=1S/C31H37N3O3S/c1-20-12-13-22(3)27(18-20)37-17-9-16-31(5,6)29(36)34-30(38)33-26-11-8-7-10-25(26)28(35)32-24-15-14-21(2)23(4)19-24/h7-8,10-15,18-19H,9,16-17H2,1-6H3,(H,32,35)(H2,33,34,36,38). The molecule has 0 heterocycles. The van der Waals surface area contributed by atoms with Crippen molar-refractivity contribution in [1.29, 1.82) is 0 Å². The molecule has 0 aliphatic carbocycles. The molecule has 0 bridgehead atoms. The molecule has 200 valence electrons. The molecule has 2 amide bonds. The van der Waals surface area contributed by atoms with Crippen molar-refractivity contribution in [3.8, 4) is 5.75 Å². The molecule has 0 aliphatic rings. The van der Waals surface area contributed by atoms with Crippen LogP contribution in [0, 0.1) is 33.1 Å². The molecule has 0 aromatic heterocycles. The molecule has 3 aromatic rings. The average Bonchev–Trinajstić information content (AvgIpc) is 2.86. The SMILES string of the molecule is Cc1ccc(C)c(OCCCC(C)(C)C(=O)NC(=S)Nc2ccccc2C(=O)Nc2ccc(C)c(C)c2)c1. The molecule has 3 N–H and O–H groups in total. The lowest BCUT2D eigenvalue weighted by Gasteiger charge is -2.24. The van der Waals surface area contributed by atoms with Crippen LogP contribution in [-0.4, -0.2) is 23.5 Å². The molecule has 0 saturated heterocycles. The van der Waals surface area contributed by atoms with Crippen LogP contribution in [0.15, 0.2) is 60.7 Å². The predicted molar refractivity (Wildman–Crippen MR) is 159 cm³/mol. The fourth-order valence-electron chi connectivity index (χ4n) is 3.91. The van der Waals surface area contributed by atoms with Crippen LogP contribution < -0.4 is 20.7 Å². The van der Waals surface area contributed by atoms with Gasteiger partial charge in [-0.15, -0.1) is 0 Å². The van der Waals surface area contributed by atoms with Crippen molar-refractivity contribution in [2.75, 3.05) is 17.2 Å². The average molecular weight is 532 g/mol. The molecule has 6 nitrogen and oxygen atoms in total. The number of carbonyl (C=O) groups is 2. The first kappa shape index (κ1) is 28.9. The maximum atomic E-state index is 13.0. The maximum absolute atomic E-state index is 13.0. The molecule has 0 spiro atoms. The molecule has 0 aliphatic heterocycles. The minimum absolute atomic E-state index is 0.140. The number of amides is 2. The summed E-state index contributed by atoms with van der Waals surface area (Å²) in [6.07, 6.45) is 1.34. The van der Waals surface area contributed by atoms with Gasteiger partial charge in [0.2, 0.25) is 5.91 Å². The van der Waals surface area contributed by atoms with E-state index in [1.165, 1.54) is 0 Å². The summed E-state index contributed by atoms with van der Waals surface area (Å²) < 4.78 is 5.94. The highest BCUT2D eigenvalue weighted by atomic mass is 32.1. The van der Waals surface area contributed by atoms with Gasteiger partial charge in [-0.1, -0.05) is 44.2 Å². The van der Waals surface area contributed by atoms with Crippen LogP contribution in [-0.2, 0) is 4.79 Å². The second-order valence-electron chi connectivity index (χ2n) is 10.3. The van der Waals surface area contributed by atoms with E-state index >= 15 is 0 Å². The maximum Gasteiger partial charge on any atom is 0.257 e. The lowest BCUT2D eigenvalue weighted by atomic mass is 9.87. The van der Waals surface area contributed by atoms with Crippen LogP contribution in [0.25, 0.3) is 0 Å². The third-order valence-electron chi connectivity index (χ3n) is 6.57. The van der Waals surface area contributed by atoms with E-state index in [4.69, 9.17) is 17.0 Å². The van der Waals surface area contributed by atoms with Gasteiger partial charge in [0.15, 0.2) is 5.11 Å². The number of ether oxygens (including phenoxy) is 1. The summed E-state index contributed by atoms with van der Waals surface area (Å²) >= 11 is 5.41. The minimum Gasteiger partial charge on any atom is -0.493 e. The Morgan fingerprint density at radius 1 is 0.868 bits per heavy atom. The van der Waals surface area contributed by atoms with Gasteiger partial charge in [-0.25, -0.2) is 0 Å². The third kappa shape index (κ3) is 7.89. The quantitative estimate of drug-likeness (QED) is 0.207. The van der Waals surface area contributed by atoms with E-state index in [1.54, 1.807) is 24.3 Å². The Balaban J connectivity index is 1.54. The van der Waals surface area contributed by atoms with Crippen molar-refractivity contribution in [3.63, 3.8) is 0 Å². The largest absolute Gasteiger partial charge is 0.493 e. The Kier molecular flexibility index (Phi) is 9.64. The van der Waals surface area contributed by atoms with Gasteiger partial charge < -0.3 is 20.7 Å². The van der Waals surface area contributed by atoms with Gasteiger partial charge in [-0.2, -0.15) is 0 Å². The highest BCUT2D eigenvalue weighted by Crippen LogP contribution is 2.25. The summed E-state index contributed by atoms with van der Waals surface area (Å²) in [6.45, 7) is 12.4. The molecule has 0 radical (unpaired) electrons. The van der Waals surface area contributed by atoms with E-state index in [0.717, 1.165) is 34.4 Å². The van der Waals surface area contributed by atoms with Gasteiger partial charge in [0.05, 0.1) is 17.9 Å². The lowest BCUT2D eigenvalue weighted by molar-refractivity contribution is -0.128. The first-order valence-corrected chi connectivity index (χ1v) is 13.2. The van der Waals surface area contributed by atoms with Gasteiger partial charge in [-0.05, 0) is 105 Å². The number of benzene rings is 3. The number of hydrogen-bond acceptors (Lipinski definition) is 4. The van der Waals surface area contributed by atoms with E-state index in [-0.39, 0.29) is 16.9 Å². The van der Waals surface area contributed by atoms with E-state index < -0.39 is 5.41 Å². The van der Waals surface area contributed by atoms with Crippen LogP contribution in [0.5, 0.6) is 5.75 Å². The van der Waals surface area contributed by atoms with Crippen molar-refractivity contribution in [1.82, 2.24) is 5.32 Å². The number of thiocarbonyl (C=S) groups is 1. The second kappa shape index (κ2) is 12.7. The van der Waals surface area contributed by atoms with Gasteiger partial charge >= 0.3 is 0 Å². The number of hydrogen-bond donors (Lipinski definition) is 3. The first-order valence-electron chi connectivity index (χ1n) is 12.8. The number of carbonyl (C=O) groups excluding carboxylic acids is 2. The monoisotopic (exact) mass is 531 g/mol. The van der Waals surface area contributed by atoms with Gasteiger partial charge in [-0.3, -0.25) is 9.59 Å². The zero-order valence-electron chi connectivity index (χ0n) is 23.0. The topological polar surface area (TPSA) is 79.5 Å². The van der Waals surface area contributed by atoms with Gasteiger partial charge in [0, 0.05) is 11.1 Å². The van der Waals surface area contributed by atoms with Crippen LogP contribution >= 0.6 is 12.2 Å². The Labute approximate surface area is 231 Å². The fraction of sp³-hybridized carbons (Fsp3) is 0.323. The number of rotatable bonds is 9. The fourth-order valence-corrected chi connectivity index (χ4v) is 4.11. The predicted octanol–water partition coefficient (Wildman–Crippen LogP) is 6.87. The van der Waals surface area contributed by atoms with E-state index in [1.807, 2.05) is 71.9 Å². The number of nitrogens with one attached hydrogen (secondary N) is 3. The molecule has 0 unspecified atom stereocenters. The molecular formula is C31H37N3O3S. The van der Waals surface area contributed by atoms with Gasteiger partial charge in [0.25, 0.3) is 5.91 Å². The molecule has 0 atom stereocenters. The smallest absolute Gasteiger partial charge is 0.257 e. The Morgan fingerprint density at radius 3 is 2.32 bits per heavy atom. The molecule has 0 saturated carbocycles. The summed E-state index contributed by atoms with van der Waals surface area (Å²) in [4.78, 5) is 26.0. The van der Waals surface area contributed by atoms with Crippen molar-refractivity contribution >= 4 is 40.5 Å². The summed E-state index contributed by atoms with van der Waals surface area (Å²) in [7, 11) is 0. The highest BCUT2D eigenvalue weighted by molar-refractivity contribution is 7.80. The lowest BCUT2D eigenvalue weighted by Crippen LogP contribution is -2.42. The Morgan fingerprint density at radius 2 is 1.58 bits per heavy atom. The molecule has 0 fully saturated rings. The molecule has 38 heavy (non-hydrogen) atoms. The van der Waals surface area contributed by atoms with Crippen LogP contribution in [0.4, 0.5) is 11.4 Å². The zero-order valence-corrected chi connectivity index (χ0v) is 23.8. The van der Waals surface area contributed by atoms with Gasteiger partial charge in [0.1, 0.15) is 5.75 Å². The van der Waals surface area contributed by atoms with E-state index in [2.05, 4.69) is 22.0 Å². The first-order chi connectivity index (χ1) is 18.0.